The van der Waals surface area contributed by atoms with Crippen LogP contribution in [0, 0.1) is 0 Å². The fourth-order valence-electron chi connectivity index (χ4n) is 2.73. The molecule has 1 saturated heterocycles. The summed E-state index contributed by atoms with van der Waals surface area (Å²) in [5.41, 5.74) is -0.341. The van der Waals surface area contributed by atoms with Crippen molar-refractivity contribution < 1.29 is 13.2 Å². The molecule has 6 heteroatoms. The molecule has 21 heavy (non-hydrogen) atoms. The fourth-order valence-corrected chi connectivity index (χ4v) is 2.95. The van der Waals surface area contributed by atoms with E-state index in [1.165, 1.54) is 18.9 Å². The molecule has 0 aromatic heterocycles. The Bertz CT molecular complexity index is 470. The van der Waals surface area contributed by atoms with Gasteiger partial charge in [-0.05, 0) is 50.9 Å². The average Bonchev–Trinajstić information content (AvgIpc) is 2.41. The zero-order chi connectivity index (χ0) is 15.5. The smallest absolute Gasteiger partial charge is 0.383 e. The van der Waals surface area contributed by atoms with Crippen molar-refractivity contribution in [1.82, 2.24) is 5.32 Å². The quantitative estimate of drug-likeness (QED) is 0.841. The second kappa shape index (κ2) is 6.88. The van der Waals surface area contributed by atoms with Crippen LogP contribution in [0.15, 0.2) is 18.2 Å². The van der Waals surface area contributed by atoms with E-state index in [0.717, 1.165) is 25.5 Å². The Balaban J connectivity index is 1.98. The van der Waals surface area contributed by atoms with Crippen molar-refractivity contribution in [2.75, 3.05) is 11.9 Å². The van der Waals surface area contributed by atoms with E-state index < -0.39 is 11.7 Å². The molecule has 0 radical (unpaired) electrons. The van der Waals surface area contributed by atoms with E-state index >= 15 is 0 Å². The summed E-state index contributed by atoms with van der Waals surface area (Å²) in [6.45, 7) is 3.01. The minimum Gasteiger partial charge on any atom is -0.383 e. The van der Waals surface area contributed by atoms with Gasteiger partial charge in [0, 0.05) is 17.8 Å². The monoisotopic (exact) mass is 320 g/mol. The number of alkyl halides is 3. The van der Waals surface area contributed by atoms with Crippen LogP contribution in [0.2, 0.25) is 5.02 Å². The third kappa shape index (κ3) is 4.78. The number of nitrogens with one attached hydrogen (secondary N) is 2. The number of hydrogen-bond donors (Lipinski definition) is 2. The van der Waals surface area contributed by atoms with Crippen molar-refractivity contribution in [3.63, 3.8) is 0 Å². The van der Waals surface area contributed by atoms with Gasteiger partial charge in [-0.15, -0.1) is 0 Å². The van der Waals surface area contributed by atoms with Crippen LogP contribution in [-0.2, 0) is 6.18 Å². The van der Waals surface area contributed by atoms with Crippen molar-refractivity contribution in [2.45, 2.75) is 50.9 Å². The van der Waals surface area contributed by atoms with Gasteiger partial charge >= 0.3 is 6.18 Å². The third-order valence-electron chi connectivity index (χ3n) is 3.74. The number of benzene rings is 1. The van der Waals surface area contributed by atoms with Crippen molar-refractivity contribution in [2.24, 2.45) is 0 Å². The van der Waals surface area contributed by atoms with Crippen LogP contribution in [0.3, 0.4) is 0 Å². The molecule has 1 aromatic carbocycles. The molecule has 0 amide bonds. The summed E-state index contributed by atoms with van der Waals surface area (Å²) in [6, 6.07) is 4.49. The van der Waals surface area contributed by atoms with Gasteiger partial charge in [0.2, 0.25) is 0 Å². The summed E-state index contributed by atoms with van der Waals surface area (Å²) < 4.78 is 38.4. The molecule has 1 aliphatic heterocycles. The first-order valence-electron chi connectivity index (χ1n) is 7.23. The molecule has 2 N–H and O–H groups in total. The number of anilines is 1. The predicted octanol–water partition coefficient (Wildman–Crippen LogP) is 4.69. The van der Waals surface area contributed by atoms with Crippen LogP contribution in [-0.4, -0.2) is 18.6 Å². The van der Waals surface area contributed by atoms with Crippen LogP contribution in [0.25, 0.3) is 0 Å². The van der Waals surface area contributed by atoms with Gasteiger partial charge < -0.3 is 10.6 Å². The fraction of sp³-hybridized carbons (Fsp3) is 0.600. The molecule has 118 valence electrons. The second-order valence-electron chi connectivity index (χ2n) is 5.62. The minimum absolute atomic E-state index is 0.0999. The van der Waals surface area contributed by atoms with E-state index in [-0.39, 0.29) is 11.1 Å². The van der Waals surface area contributed by atoms with E-state index in [9.17, 15) is 13.2 Å². The van der Waals surface area contributed by atoms with Crippen LogP contribution in [0.1, 0.15) is 38.2 Å². The molecule has 0 bridgehead atoms. The van der Waals surface area contributed by atoms with Gasteiger partial charge in [0.25, 0.3) is 0 Å². The lowest BCUT2D eigenvalue weighted by Crippen LogP contribution is -2.37. The van der Waals surface area contributed by atoms with Crippen molar-refractivity contribution in [3.8, 4) is 0 Å². The highest BCUT2D eigenvalue weighted by Crippen LogP contribution is 2.36. The lowest BCUT2D eigenvalue weighted by Gasteiger charge is -2.27. The molecule has 2 unspecified atom stereocenters. The molecule has 2 rings (SSSR count). The second-order valence-corrected chi connectivity index (χ2v) is 6.03. The van der Waals surface area contributed by atoms with Gasteiger partial charge in [0.15, 0.2) is 0 Å². The zero-order valence-electron chi connectivity index (χ0n) is 11.9. The maximum Gasteiger partial charge on any atom is 0.417 e. The Morgan fingerprint density at radius 2 is 2.14 bits per heavy atom. The number of piperidine rings is 1. The normalized spacial score (nSPS) is 21.1. The zero-order valence-corrected chi connectivity index (χ0v) is 12.7. The van der Waals surface area contributed by atoms with E-state index in [1.54, 1.807) is 6.07 Å². The molecule has 1 heterocycles. The SMILES string of the molecule is CC(CC1CCCCN1)Nc1ccc(Cl)c(C(F)(F)F)c1. The molecule has 2 atom stereocenters. The number of hydrogen-bond acceptors (Lipinski definition) is 2. The summed E-state index contributed by atoms with van der Waals surface area (Å²) >= 11 is 5.62. The molecule has 2 nitrogen and oxygen atoms in total. The van der Waals surface area contributed by atoms with Gasteiger partial charge in [0.05, 0.1) is 10.6 Å². The Morgan fingerprint density at radius 3 is 2.76 bits per heavy atom. The van der Waals surface area contributed by atoms with Crippen LogP contribution in [0.5, 0.6) is 0 Å². The molecule has 0 aliphatic carbocycles. The molecular weight excluding hydrogens is 301 g/mol. The van der Waals surface area contributed by atoms with E-state index in [1.807, 2.05) is 6.92 Å². The lowest BCUT2D eigenvalue weighted by molar-refractivity contribution is -0.137. The van der Waals surface area contributed by atoms with Gasteiger partial charge in [-0.3, -0.25) is 0 Å². The summed E-state index contributed by atoms with van der Waals surface area (Å²) in [6.07, 6.45) is 0.00133. The summed E-state index contributed by atoms with van der Waals surface area (Å²) in [5.74, 6) is 0. The van der Waals surface area contributed by atoms with Gasteiger partial charge in [-0.1, -0.05) is 18.0 Å². The molecule has 1 aliphatic rings. The Hall–Kier alpha value is -0.940. The molecule has 0 spiro atoms. The highest BCUT2D eigenvalue weighted by Gasteiger charge is 2.33. The standard InChI is InChI=1S/C15H20ClF3N2/c1-10(8-11-4-2-3-7-20-11)21-12-5-6-14(16)13(9-12)15(17,18)19/h5-6,9-11,20-21H,2-4,7-8H2,1H3. The van der Waals surface area contributed by atoms with Crippen molar-refractivity contribution >= 4 is 17.3 Å². The van der Waals surface area contributed by atoms with E-state index in [4.69, 9.17) is 11.6 Å². The van der Waals surface area contributed by atoms with E-state index in [0.29, 0.717) is 11.7 Å². The summed E-state index contributed by atoms with van der Waals surface area (Å²) in [7, 11) is 0. The van der Waals surface area contributed by atoms with Gasteiger partial charge in [-0.25, -0.2) is 0 Å². The first-order valence-corrected chi connectivity index (χ1v) is 7.60. The van der Waals surface area contributed by atoms with Crippen LogP contribution < -0.4 is 10.6 Å². The Morgan fingerprint density at radius 1 is 1.38 bits per heavy atom. The number of rotatable bonds is 4. The Kier molecular flexibility index (Phi) is 5.38. The third-order valence-corrected chi connectivity index (χ3v) is 4.06. The maximum absolute atomic E-state index is 12.8. The van der Waals surface area contributed by atoms with Gasteiger partial charge in [-0.2, -0.15) is 13.2 Å². The van der Waals surface area contributed by atoms with Crippen LogP contribution in [0.4, 0.5) is 18.9 Å². The minimum atomic E-state index is -4.43. The van der Waals surface area contributed by atoms with Crippen molar-refractivity contribution in [1.29, 1.82) is 0 Å². The van der Waals surface area contributed by atoms with Crippen molar-refractivity contribution in [3.05, 3.63) is 28.8 Å². The lowest BCUT2D eigenvalue weighted by atomic mass is 9.98. The maximum atomic E-state index is 12.8. The van der Waals surface area contributed by atoms with Gasteiger partial charge in [0.1, 0.15) is 0 Å². The first kappa shape index (κ1) is 16.4. The topological polar surface area (TPSA) is 24.1 Å². The number of halogens is 4. The molecule has 1 aromatic rings. The highest BCUT2D eigenvalue weighted by atomic mass is 35.5. The summed E-state index contributed by atoms with van der Waals surface area (Å²) in [4.78, 5) is 0. The molecule has 0 saturated carbocycles. The predicted molar refractivity (Wildman–Crippen MR) is 79.8 cm³/mol. The highest BCUT2D eigenvalue weighted by molar-refractivity contribution is 6.31. The van der Waals surface area contributed by atoms with Crippen LogP contribution >= 0.6 is 11.6 Å². The largest absolute Gasteiger partial charge is 0.417 e. The first-order chi connectivity index (χ1) is 9.86. The molecule has 1 fully saturated rings. The Labute approximate surface area is 128 Å². The molecular formula is C15H20ClF3N2. The summed E-state index contributed by atoms with van der Waals surface area (Å²) in [5, 5.41) is 6.30. The van der Waals surface area contributed by atoms with E-state index in [2.05, 4.69) is 10.6 Å². The average molecular weight is 321 g/mol.